The van der Waals surface area contributed by atoms with Crippen molar-refractivity contribution >= 4 is 5.91 Å². The van der Waals surface area contributed by atoms with Gasteiger partial charge in [-0.1, -0.05) is 35.5 Å². The van der Waals surface area contributed by atoms with Crippen molar-refractivity contribution in [3.8, 4) is 0 Å². The molecule has 138 valence electrons. The van der Waals surface area contributed by atoms with Crippen molar-refractivity contribution in [2.75, 3.05) is 26.2 Å². The third-order valence-electron chi connectivity index (χ3n) is 5.67. The number of piperidine rings is 1. The van der Waals surface area contributed by atoms with Gasteiger partial charge in [0.25, 0.3) is 5.91 Å². The van der Waals surface area contributed by atoms with E-state index in [0.29, 0.717) is 17.7 Å². The number of hydrogen-bond donors (Lipinski definition) is 0. The number of aryl methyl sites for hydroxylation is 2. The summed E-state index contributed by atoms with van der Waals surface area (Å²) in [4.78, 5) is 17.4. The van der Waals surface area contributed by atoms with E-state index < -0.39 is 0 Å². The highest BCUT2D eigenvalue weighted by molar-refractivity contribution is 5.91. The van der Waals surface area contributed by atoms with E-state index in [1.165, 1.54) is 18.4 Å². The molecule has 5 nitrogen and oxygen atoms in total. The van der Waals surface area contributed by atoms with Gasteiger partial charge in [0.1, 0.15) is 0 Å². The fraction of sp³-hybridized carbons (Fsp3) is 0.524. The van der Waals surface area contributed by atoms with Gasteiger partial charge in [0.05, 0.1) is 5.69 Å². The summed E-state index contributed by atoms with van der Waals surface area (Å²) in [7, 11) is 0. The van der Waals surface area contributed by atoms with Crippen molar-refractivity contribution in [2.24, 2.45) is 5.92 Å². The summed E-state index contributed by atoms with van der Waals surface area (Å²) in [6, 6.07) is 12.7. The van der Waals surface area contributed by atoms with Gasteiger partial charge in [-0.15, -0.1) is 0 Å². The predicted molar refractivity (Wildman–Crippen MR) is 100.0 cm³/mol. The molecule has 1 aromatic heterocycles. The summed E-state index contributed by atoms with van der Waals surface area (Å²) < 4.78 is 5.21. The van der Waals surface area contributed by atoms with Crippen molar-refractivity contribution in [3.63, 3.8) is 0 Å². The topological polar surface area (TPSA) is 49.6 Å². The number of aromatic nitrogens is 1. The van der Waals surface area contributed by atoms with Gasteiger partial charge in [-0.05, 0) is 50.6 Å². The van der Waals surface area contributed by atoms with Gasteiger partial charge in [0.15, 0.2) is 0 Å². The molecular weight excluding hydrogens is 326 g/mol. The van der Waals surface area contributed by atoms with E-state index in [1.807, 2.05) is 11.8 Å². The van der Waals surface area contributed by atoms with Gasteiger partial charge in [-0.3, -0.25) is 4.79 Å². The Balaban J connectivity index is 1.36. The summed E-state index contributed by atoms with van der Waals surface area (Å²) in [5, 5.41) is 3.87. The van der Waals surface area contributed by atoms with Crippen LogP contribution in [0.15, 0.2) is 40.9 Å². The van der Waals surface area contributed by atoms with Crippen LogP contribution < -0.4 is 0 Å². The Labute approximate surface area is 155 Å². The zero-order valence-electron chi connectivity index (χ0n) is 15.4. The maximum absolute atomic E-state index is 12.8. The van der Waals surface area contributed by atoms with Crippen LogP contribution >= 0.6 is 0 Å². The van der Waals surface area contributed by atoms with Crippen molar-refractivity contribution in [1.82, 2.24) is 15.0 Å². The first kappa shape index (κ1) is 17.3. The highest BCUT2D eigenvalue weighted by Crippen LogP contribution is 2.29. The lowest BCUT2D eigenvalue weighted by molar-refractivity contribution is 0.0543. The third-order valence-corrected chi connectivity index (χ3v) is 5.67. The lowest BCUT2D eigenvalue weighted by Crippen LogP contribution is -2.47. The van der Waals surface area contributed by atoms with E-state index in [2.05, 4.69) is 40.4 Å². The third kappa shape index (κ3) is 3.83. The molecule has 5 rings (SSSR count). The smallest absolute Gasteiger partial charge is 0.292 e. The molecule has 3 aliphatic rings. The molecule has 1 amide bonds. The fourth-order valence-corrected chi connectivity index (χ4v) is 4.37. The van der Waals surface area contributed by atoms with Crippen molar-refractivity contribution in [2.45, 2.75) is 38.6 Å². The van der Waals surface area contributed by atoms with Crippen LogP contribution in [0.2, 0.25) is 0 Å². The zero-order chi connectivity index (χ0) is 17.9. The first-order chi connectivity index (χ1) is 12.7. The zero-order valence-corrected chi connectivity index (χ0v) is 15.4. The van der Waals surface area contributed by atoms with Crippen molar-refractivity contribution < 1.29 is 9.32 Å². The number of carbonyl (C=O) groups is 1. The Hall–Kier alpha value is -2.14. The molecule has 2 bridgehead atoms. The highest BCUT2D eigenvalue weighted by Gasteiger charge is 2.38. The minimum atomic E-state index is 0.00596. The largest absolute Gasteiger partial charge is 0.351 e. The number of amides is 1. The van der Waals surface area contributed by atoms with Crippen LogP contribution in [-0.2, 0) is 6.42 Å². The molecule has 4 heterocycles. The summed E-state index contributed by atoms with van der Waals surface area (Å²) >= 11 is 0. The second-order valence-electron chi connectivity index (χ2n) is 7.74. The van der Waals surface area contributed by atoms with Crippen LogP contribution in [0.25, 0.3) is 0 Å². The minimum Gasteiger partial charge on any atom is -0.351 e. The van der Waals surface area contributed by atoms with Gasteiger partial charge in [-0.2, -0.15) is 0 Å². The van der Waals surface area contributed by atoms with Crippen LogP contribution in [0, 0.1) is 12.8 Å². The Morgan fingerprint density at radius 2 is 2.04 bits per heavy atom. The number of hydrogen-bond acceptors (Lipinski definition) is 4. The number of nitrogens with zero attached hydrogens (tertiary/aromatic N) is 3. The molecule has 1 aromatic carbocycles. The quantitative estimate of drug-likeness (QED) is 0.828. The van der Waals surface area contributed by atoms with Gasteiger partial charge in [0.2, 0.25) is 5.76 Å². The Morgan fingerprint density at radius 3 is 2.81 bits per heavy atom. The molecule has 5 heteroatoms. The van der Waals surface area contributed by atoms with Gasteiger partial charge < -0.3 is 14.3 Å². The molecular formula is C21H27N3O2. The SMILES string of the molecule is Cc1cc(C(=O)N2C[C@H]3CC[C@@H]2CN(CCCc2ccccc2)C3)on1. The number of carbonyl (C=O) groups excluding carboxylic acids is 1. The minimum absolute atomic E-state index is 0.00596. The summed E-state index contributed by atoms with van der Waals surface area (Å²) in [5.41, 5.74) is 2.17. The fourth-order valence-electron chi connectivity index (χ4n) is 4.37. The van der Waals surface area contributed by atoms with Crippen LogP contribution in [0.4, 0.5) is 0 Å². The second-order valence-corrected chi connectivity index (χ2v) is 7.74. The van der Waals surface area contributed by atoms with E-state index in [-0.39, 0.29) is 5.91 Å². The van der Waals surface area contributed by atoms with Crippen molar-refractivity contribution in [1.29, 1.82) is 0 Å². The Kier molecular flexibility index (Phi) is 5.07. The monoisotopic (exact) mass is 353 g/mol. The van der Waals surface area contributed by atoms with Crippen molar-refractivity contribution in [3.05, 3.63) is 53.4 Å². The molecule has 3 aliphatic heterocycles. The molecule has 0 aliphatic carbocycles. The lowest BCUT2D eigenvalue weighted by Gasteiger charge is -2.35. The first-order valence-corrected chi connectivity index (χ1v) is 9.69. The van der Waals surface area contributed by atoms with Crippen LogP contribution in [0.1, 0.15) is 41.1 Å². The van der Waals surface area contributed by atoms with E-state index in [0.717, 1.165) is 44.7 Å². The highest BCUT2D eigenvalue weighted by atomic mass is 16.5. The molecule has 0 unspecified atom stereocenters. The van der Waals surface area contributed by atoms with Gasteiger partial charge in [0, 0.05) is 31.7 Å². The lowest BCUT2D eigenvalue weighted by atomic mass is 9.95. The standard InChI is InChI=1S/C21H27N3O2/c1-16-12-20(26-22-16)21(25)24-14-18-9-10-19(24)15-23(13-18)11-5-8-17-6-3-2-4-7-17/h2-4,6-7,12,18-19H,5,8-11,13-15H2,1H3/t18-,19+/m0/s1. The number of fused-ring (bicyclic) bond motifs is 4. The molecule has 3 fully saturated rings. The Bertz CT molecular complexity index is 743. The Morgan fingerprint density at radius 1 is 1.19 bits per heavy atom. The molecule has 2 atom stereocenters. The van der Waals surface area contributed by atoms with E-state index in [9.17, 15) is 4.79 Å². The average molecular weight is 353 g/mol. The van der Waals surface area contributed by atoms with Crippen LogP contribution in [0.5, 0.6) is 0 Å². The van der Waals surface area contributed by atoms with E-state index in [1.54, 1.807) is 6.07 Å². The van der Waals surface area contributed by atoms with Gasteiger partial charge >= 0.3 is 0 Å². The van der Waals surface area contributed by atoms with Crippen LogP contribution in [-0.4, -0.2) is 53.1 Å². The average Bonchev–Trinajstić information content (AvgIpc) is 2.90. The maximum atomic E-state index is 12.8. The number of benzene rings is 1. The summed E-state index contributed by atoms with van der Waals surface area (Å²) in [6.07, 6.45) is 4.60. The molecule has 2 aromatic rings. The number of rotatable bonds is 5. The predicted octanol–water partition coefficient (Wildman–Crippen LogP) is 3.15. The van der Waals surface area contributed by atoms with E-state index in [4.69, 9.17) is 4.52 Å². The van der Waals surface area contributed by atoms with E-state index >= 15 is 0 Å². The molecule has 0 radical (unpaired) electrons. The second kappa shape index (κ2) is 7.62. The molecule has 0 N–H and O–H groups in total. The van der Waals surface area contributed by atoms with Gasteiger partial charge in [-0.25, -0.2) is 0 Å². The molecule has 0 saturated carbocycles. The molecule has 3 saturated heterocycles. The van der Waals surface area contributed by atoms with Crippen LogP contribution in [0.3, 0.4) is 0 Å². The normalized spacial score (nSPS) is 23.2. The first-order valence-electron chi connectivity index (χ1n) is 9.69. The molecule has 26 heavy (non-hydrogen) atoms. The summed E-state index contributed by atoms with van der Waals surface area (Å²) in [5.74, 6) is 0.954. The summed E-state index contributed by atoms with van der Waals surface area (Å²) in [6.45, 7) is 5.88. The molecule has 0 spiro atoms. The maximum Gasteiger partial charge on any atom is 0.292 e.